The Hall–Kier alpha value is -2.64. The highest BCUT2D eigenvalue weighted by atomic mass is 19.4. The third-order valence-electron chi connectivity index (χ3n) is 4.66. The number of rotatable bonds is 2. The first-order valence-corrected chi connectivity index (χ1v) is 7.97. The minimum Gasteiger partial charge on any atom is -0.346 e. The molecule has 1 amide bonds. The lowest BCUT2D eigenvalue weighted by atomic mass is 9.94. The maximum absolute atomic E-state index is 12.5. The van der Waals surface area contributed by atoms with Gasteiger partial charge in [-0.1, -0.05) is 0 Å². The molecule has 0 aromatic carbocycles. The van der Waals surface area contributed by atoms with Gasteiger partial charge in [-0.3, -0.25) is 9.78 Å². The van der Waals surface area contributed by atoms with Gasteiger partial charge in [0, 0.05) is 42.2 Å². The van der Waals surface area contributed by atoms with Gasteiger partial charge in [0.1, 0.15) is 12.1 Å². The van der Waals surface area contributed by atoms with Crippen LogP contribution in [0, 0.1) is 0 Å². The Morgan fingerprint density at radius 1 is 1.32 bits per heavy atom. The number of nitrogens with zero attached hydrogens (tertiary/aromatic N) is 3. The van der Waals surface area contributed by atoms with E-state index < -0.39 is 18.5 Å². The SMILES string of the molecule is O=C(CC(F)(F)F)N1CC[C@@H](c2ccnc3cnc4[nH]ccc4c23)C1. The van der Waals surface area contributed by atoms with Crippen molar-refractivity contribution >= 4 is 27.8 Å². The summed E-state index contributed by atoms with van der Waals surface area (Å²) in [6, 6.07) is 3.80. The van der Waals surface area contributed by atoms with Crippen molar-refractivity contribution < 1.29 is 18.0 Å². The summed E-state index contributed by atoms with van der Waals surface area (Å²) < 4.78 is 37.4. The van der Waals surface area contributed by atoms with Crippen LogP contribution in [0.5, 0.6) is 0 Å². The van der Waals surface area contributed by atoms with E-state index in [1.54, 1.807) is 18.6 Å². The third-order valence-corrected chi connectivity index (χ3v) is 4.66. The summed E-state index contributed by atoms with van der Waals surface area (Å²) in [6.07, 6.45) is -0.0832. The highest BCUT2D eigenvalue weighted by Crippen LogP contribution is 2.35. The maximum atomic E-state index is 12.5. The van der Waals surface area contributed by atoms with E-state index in [4.69, 9.17) is 0 Å². The molecule has 1 N–H and O–H groups in total. The summed E-state index contributed by atoms with van der Waals surface area (Å²) in [5.41, 5.74) is 2.48. The first-order valence-electron chi connectivity index (χ1n) is 7.97. The Bertz CT molecular complexity index is 950. The van der Waals surface area contributed by atoms with Gasteiger partial charge in [0.2, 0.25) is 5.91 Å². The largest absolute Gasteiger partial charge is 0.397 e. The fraction of sp³-hybridized carbons (Fsp3) is 0.353. The van der Waals surface area contributed by atoms with Crippen molar-refractivity contribution in [3.63, 3.8) is 0 Å². The molecular weight excluding hydrogens is 333 g/mol. The van der Waals surface area contributed by atoms with Crippen LogP contribution in [0.25, 0.3) is 21.9 Å². The van der Waals surface area contributed by atoms with Gasteiger partial charge in [0.25, 0.3) is 0 Å². The Balaban J connectivity index is 1.67. The molecule has 1 aliphatic heterocycles. The van der Waals surface area contributed by atoms with Gasteiger partial charge in [-0.05, 0) is 24.1 Å². The number of hydrogen-bond acceptors (Lipinski definition) is 3. The monoisotopic (exact) mass is 348 g/mol. The Labute approximate surface area is 140 Å². The van der Waals surface area contributed by atoms with Crippen LogP contribution in [0.4, 0.5) is 13.2 Å². The highest BCUT2D eigenvalue weighted by molar-refractivity contribution is 6.05. The van der Waals surface area contributed by atoms with Crippen LogP contribution in [0.3, 0.4) is 0 Å². The minimum absolute atomic E-state index is 0.0109. The zero-order valence-corrected chi connectivity index (χ0v) is 13.2. The molecule has 1 fully saturated rings. The molecule has 0 saturated carbocycles. The number of H-pyrrole nitrogens is 1. The number of alkyl halides is 3. The van der Waals surface area contributed by atoms with Crippen LogP contribution in [0.15, 0.2) is 30.7 Å². The predicted octanol–water partition coefficient (Wildman–Crippen LogP) is 3.38. The quantitative estimate of drug-likeness (QED) is 0.772. The van der Waals surface area contributed by atoms with Gasteiger partial charge in [-0.2, -0.15) is 13.2 Å². The van der Waals surface area contributed by atoms with Crippen LogP contribution in [-0.4, -0.2) is 45.0 Å². The van der Waals surface area contributed by atoms with Gasteiger partial charge in [0.15, 0.2) is 0 Å². The average molecular weight is 348 g/mol. The number of carbonyl (C=O) groups is 1. The van der Waals surface area contributed by atoms with E-state index in [2.05, 4.69) is 15.0 Å². The van der Waals surface area contributed by atoms with Crippen molar-refractivity contribution in [2.45, 2.75) is 24.9 Å². The van der Waals surface area contributed by atoms with Crippen molar-refractivity contribution in [3.8, 4) is 0 Å². The number of hydrogen-bond donors (Lipinski definition) is 1. The Morgan fingerprint density at radius 2 is 2.16 bits per heavy atom. The number of likely N-dealkylation sites (tertiary alicyclic amines) is 1. The molecule has 0 bridgehead atoms. The molecule has 5 nitrogen and oxygen atoms in total. The van der Waals surface area contributed by atoms with Gasteiger partial charge in [-0.15, -0.1) is 0 Å². The molecular formula is C17H15F3N4O. The minimum atomic E-state index is -4.47. The second-order valence-electron chi connectivity index (χ2n) is 6.28. The van der Waals surface area contributed by atoms with E-state index in [1.807, 2.05) is 12.1 Å². The molecule has 8 heteroatoms. The number of nitrogens with one attached hydrogen (secondary N) is 1. The Kier molecular flexibility index (Phi) is 3.63. The maximum Gasteiger partial charge on any atom is 0.397 e. The normalized spacial score (nSPS) is 18.4. The molecule has 0 unspecified atom stereocenters. The molecule has 1 saturated heterocycles. The number of amides is 1. The van der Waals surface area contributed by atoms with Crippen LogP contribution in [0.2, 0.25) is 0 Å². The molecule has 130 valence electrons. The van der Waals surface area contributed by atoms with E-state index in [0.29, 0.717) is 19.5 Å². The van der Waals surface area contributed by atoms with Crippen molar-refractivity contribution in [3.05, 3.63) is 36.3 Å². The summed E-state index contributed by atoms with van der Waals surface area (Å²) in [4.78, 5) is 24.9. The van der Waals surface area contributed by atoms with E-state index in [0.717, 1.165) is 27.5 Å². The molecule has 3 aromatic heterocycles. The molecule has 0 aliphatic carbocycles. The lowest BCUT2D eigenvalue weighted by Gasteiger charge is -2.18. The second-order valence-corrected chi connectivity index (χ2v) is 6.28. The lowest BCUT2D eigenvalue weighted by Crippen LogP contribution is -2.32. The smallest absolute Gasteiger partial charge is 0.346 e. The highest BCUT2D eigenvalue weighted by Gasteiger charge is 2.36. The summed E-state index contributed by atoms with van der Waals surface area (Å²) in [5.74, 6) is -0.870. The lowest BCUT2D eigenvalue weighted by molar-refractivity contribution is -0.160. The standard InChI is InChI=1S/C17H15F3N4O/c18-17(19,20)7-14(25)24-6-3-10(9-24)11-1-4-21-13-8-23-16-12(15(11)13)2-5-22-16/h1-2,4-5,8,10H,3,6-7,9H2,(H,22,23)/t10-/m1/s1. The first-order chi connectivity index (χ1) is 11.9. The summed E-state index contributed by atoms with van der Waals surface area (Å²) in [5, 5.41) is 1.88. The van der Waals surface area contributed by atoms with E-state index in [9.17, 15) is 18.0 Å². The van der Waals surface area contributed by atoms with E-state index >= 15 is 0 Å². The van der Waals surface area contributed by atoms with Crippen LogP contribution in [-0.2, 0) is 4.79 Å². The number of halogens is 3. The molecule has 25 heavy (non-hydrogen) atoms. The molecule has 0 spiro atoms. The van der Waals surface area contributed by atoms with Crippen molar-refractivity contribution in [2.75, 3.05) is 13.1 Å². The zero-order chi connectivity index (χ0) is 17.6. The third kappa shape index (κ3) is 2.92. The summed E-state index contributed by atoms with van der Waals surface area (Å²) in [7, 11) is 0. The molecule has 3 aromatic rings. The molecule has 4 rings (SSSR count). The number of aromatic amines is 1. The molecule has 0 radical (unpaired) electrons. The number of aromatic nitrogens is 3. The van der Waals surface area contributed by atoms with Crippen molar-refractivity contribution in [1.82, 2.24) is 19.9 Å². The van der Waals surface area contributed by atoms with Crippen LogP contribution < -0.4 is 0 Å². The van der Waals surface area contributed by atoms with Crippen LogP contribution >= 0.6 is 0 Å². The van der Waals surface area contributed by atoms with Gasteiger partial charge < -0.3 is 9.88 Å². The fourth-order valence-electron chi connectivity index (χ4n) is 3.54. The number of fused-ring (bicyclic) bond motifs is 3. The number of pyridine rings is 2. The summed E-state index contributed by atoms with van der Waals surface area (Å²) >= 11 is 0. The number of carbonyl (C=O) groups excluding carboxylic acids is 1. The van der Waals surface area contributed by atoms with Gasteiger partial charge in [-0.25, -0.2) is 4.98 Å². The second kappa shape index (κ2) is 5.72. The van der Waals surface area contributed by atoms with E-state index in [-0.39, 0.29) is 5.92 Å². The van der Waals surface area contributed by atoms with Crippen molar-refractivity contribution in [2.24, 2.45) is 0 Å². The van der Waals surface area contributed by atoms with Gasteiger partial charge >= 0.3 is 6.18 Å². The Morgan fingerprint density at radius 3 is 2.96 bits per heavy atom. The average Bonchev–Trinajstić information content (AvgIpc) is 3.22. The molecule has 4 heterocycles. The zero-order valence-electron chi connectivity index (χ0n) is 13.2. The fourth-order valence-corrected chi connectivity index (χ4v) is 3.54. The van der Waals surface area contributed by atoms with Crippen LogP contribution in [0.1, 0.15) is 24.3 Å². The summed E-state index contributed by atoms with van der Waals surface area (Å²) in [6.45, 7) is 0.632. The van der Waals surface area contributed by atoms with E-state index in [1.165, 1.54) is 4.90 Å². The first kappa shape index (κ1) is 15.9. The molecule has 1 atom stereocenters. The molecule has 1 aliphatic rings. The topological polar surface area (TPSA) is 61.9 Å². The van der Waals surface area contributed by atoms with Crippen molar-refractivity contribution in [1.29, 1.82) is 0 Å². The predicted molar refractivity (Wildman–Crippen MR) is 86.0 cm³/mol. The van der Waals surface area contributed by atoms with Gasteiger partial charge in [0.05, 0.1) is 11.7 Å².